The molecule has 25 heavy (non-hydrogen) atoms. The monoisotopic (exact) mass is 336 g/mol. The van der Waals surface area contributed by atoms with Gasteiger partial charge in [-0.05, 0) is 54.0 Å². The van der Waals surface area contributed by atoms with Gasteiger partial charge in [0.2, 0.25) is 0 Å². The van der Waals surface area contributed by atoms with Gasteiger partial charge in [0.25, 0.3) is 0 Å². The van der Waals surface area contributed by atoms with Crippen LogP contribution in [0, 0.1) is 0 Å². The second kappa shape index (κ2) is 6.44. The van der Waals surface area contributed by atoms with Crippen molar-refractivity contribution in [2.24, 2.45) is 0 Å². The molecule has 2 aromatic heterocycles. The molecule has 0 fully saturated rings. The molecule has 0 aliphatic heterocycles. The van der Waals surface area contributed by atoms with Crippen molar-refractivity contribution >= 4 is 17.0 Å². The van der Waals surface area contributed by atoms with Crippen molar-refractivity contribution in [3.63, 3.8) is 0 Å². The quantitative estimate of drug-likeness (QED) is 0.665. The number of hydrogen-bond donors (Lipinski definition) is 3. The molecule has 0 spiro atoms. The molecule has 4 rings (SSSR count). The lowest BCUT2D eigenvalue weighted by atomic mass is 9.97. The van der Waals surface area contributed by atoms with Crippen LogP contribution in [0.2, 0.25) is 0 Å². The maximum Gasteiger partial charge on any atom is 0.178 e. The van der Waals surface area contributed by atoms with Crippen molar-refractivity contribution in [1.82, 2.24) is 25.7 Å². The number of nitrogen functional groups attached to an aromatic ring is 1. The van der Waals surface area contributed by atoms with E-state index in [9.17, 15) is 0 Å². The highest BCUT2D eigenvalue weighted by molar-refractivity contribution is 5.76. The average molecular weight is 336 g/mol. The Morgan fingerprint density at radius 2 is 2.12 bits per heavy atom. The molecule has 2 unspecified atom stereocenters. The second-order valence-corrected chi connectivity index (χ2v) is 7.11. The Labute approximate surface area is 147 Å². The smallest absolute Gasteiger partial charge is 0.178 e. The summed E-state index contributed by atoms with van der Waals surface area (Å²) in [7, 11) is 0. The molecule has 4 N–H and O–H groups in total. The number of nitrogens with one attached hydrogen (secondary N) is 2. The fraction of sp³-hybridized carbons (Fsp3) is 0.421. The molecule has 2 heterocycles. The summed E-state index contributed by atoms with van der Waals surface area (Å²) in [5.74, 6) is 1.47. The number of aromatic amines is 1. The molecule has 0 saturated heterocycles. The molecule has 130 valence electrons. The van der Waals surface area contributed by atoms with E-state index < -0.39 is 0 Å². The molecule has 1 aliphatic carbocycles. The van der Waals surface area contributed by atoms with Crippen LogP contribution in [-0.2, 0) is 0 Å². The highest BCUT2D eigenvalue weighted by atomic mass is 15.3. The largest absolute Gasteiger partial charge is 0.384 e. The van der Waals surface area contributed by atoms with Crippen LogP contribution in [0.15, 0.2) is 30.3 Å². The van der Waals surface area contributed by atoms with Gasteiger partial charge in [0.1, 0.15) is 11.3 Å². The molecule has 0 amide bonds. The Hall–Kier alpha value is -2.47. The van der Waals surface area contributed by atoms with Crippen molar-refractivity contribution in [2.45, 2.75) is 44.6 Å². The van der Waals surface area contributed by atoms with Crippen molar-refractivity contribution in [3.8, 4) is 0 Å². The zero-order valence-electron chi connectivity index (χ0n) is 14.7. The van der Waals surface area contributed by atoms with Crippen LogP contribution in [0.5, 0.6) is 0 Å². The molecule has 6 nitrogen and oxygen atoms in total. The summed E-state index contributed by atoms with van der Waals surface area (Å²) in [6, 6.07) is 11.1. The maximum atomic E-state index is 5.92. The number of nitrogens with two attached hydrogens (primary N) is 1. The Balaban J connectivity index is 1.43. The van der Waals surface area contributed by atoms with Gasteiger partial charge in [-0.1, -0.05) is 43.3 Å². The first-order valence-corrected chi connectivity index (χ1v) is 8.93. The van der Waals surface area contributed by atoms with Gasteiger partial charge in [-0.3, -0.25) is 0 Å². The topological polar surface area (TPSA) is 92.5 Å². The van der Waals surface area contributed by atoms with Crippen LogP contribution >= 0.6 is 0 Å². The third kappa shape index (κ3) is 2.98. The number of rotatable bonds is 5. The van der Waals surface area contributed by atoms with E-state index in [1.54, 1.807) is 0 Å². The Kier molecular flexibility index (Phi) is 4.13. The van der Waals surface area contributed by atoms with E-state index >= 15 is 0 Å². The van der Waals surface area contributed by atoms with Crippen LogP contribution in [0.25, 0.3) is 11.2 Å². The average Bonchev–Trinajstić information content (AvgIpc) is 3.19. The lowest BCUT2D eigenvalue weighted by Crippen LogP contribution is -2.21. The summed E-state index contributed by atoms with van der Waals surface area (Å²) in [5.41, 5.74) is 11.4. The molecule has 0 saturated carbocycles. The second-order valence-electron chi connectivity index (χ2n) is 7.11. The number of pyridine rings is 1. The standard InChI is InChI=1S/C19H24N6/c1-11(15-10-17(20)22-19-18(15)23-25-24-19)7-8-21-16-9-12(2)13-5-3-4-6-14(13)16/h3-6,10-12,16,21H,7-9H2,1-2H3,(H3,20,22,23,24,25)/t11?,12?,16-/m0/s1. The predicted molar refractivity (Wildman–Crippen MR) is 99.3 cm³/mol. The summed E-state index contributed by atoms with van der Waals surface area (Å²) in [6.45, 7) is 5.47. The van der Waals surface area contributed by atoms with Crippen LogP contribution < -0.4 is 11.1 Å². The number of H-pyrrole nitrogens is 1. The molecule has 3 aromatic rings. The predicted octanol–water partition coefficient (Wildman–Crippen LogP) is 3.27. The first kappa shape index (κ1) is 16.0. The SMILES string of the molecule is CC1C[C@H](NCCC(C)c2cc(N)nc3[nH]nnc23)c2ccccc21. The van der Waals surface area contributed by atoms with E-state index in [4.69, 9.17) is 5.73 Å². The van der Waals surface area contributed by atoms with E-state index in [-0.39, 0.29) is 0 Å². The fourth-order valence-electron chi connectivity index (χ4n) is 3.97. The number of aromatic nitrogens is 4. The van der Waals surface area contributed by atoms with Gasteiger partial charge in [0, 0.05) is 6.04 Å². The first-order chi connectivity index (χ1) is 12.1. The maximum absolute atomic E-state index is 5.92. The van der Waals surface area contributed by atoms with E-state index in [1.807, 2.05) is 6.07 Å². The Morgan fingerprint density at radius 1 is 1.32 bits per heavy atom. The lowest BCUT2D eigenvalue weighted by Gasteiger charge is -2.17. The zero-order valence-corrected chi connectivity index (χ0v) is 14.7. The molecule has 1 aromatic carbocycles. The van der Waals surface area contributed by atoms with Crippen molar-refractivity contribution in [2.75, 3.05) is 12.3 Å². The van der Waals surface area contributed by atoms with Gasteiger partial charge >= 0.3 is 0 Å². The summed E-state index contributed by atoms with van der Waals surface area (Å²) in [5, 5.41) is 14.6. The van der Waals surface area contributed by atoms with Gasteiger partial charge in [-0.2, -0.15) is 0 Å². The minimum atomic E-state index is 0.333. The summed E-state index contributed by atoms with van der Waals surface area (Å²) >= 11 is 0. The van der Waals surface area contributed by atoms with Crippen LogP contribution in [0.3, 0.4) is 0 Å². The minimum Gasteiger partial charge on any atom is -0.384 e. The molecule has 6 heteroatoms. The highest BCUT2D eigenvalue weighted by Gasteiger charge is 2.27. The number of fused-ring (bicyclic) bond motifs is 2. The van der Waals surface area contributed by atoms with Gasteiger partial charge in [0.15, 0.2) is 5.65 Å². The molecule has 0 radical (unpaired) electrons. The fourth-order valence-corrected chi connectivity index (χ4v) is 3.97. The van der Waals surface area contributed by atoms with Crippen LogP contribution in [-0.4, -0.2) is 26.9 Å². The van der Waals surface area contributed by atoms with Gasteiger partial charge in [-0.15, -0.1) is 5.10 Å². The van der Waals surface area contributed by atoms with Gasteiger partial charge < -0.3 is 11.1 Å². The van der Waals surface area contributed by atoms with Crippen LogP contribution in [0.4, 0.5) is 5.82 Å². The van der Waals surface area contributed by atoms with E-state index in [0.717, 1.165) is 24.0 Å². The minimum absolute atomic E-state index is 0.333. The third-order valence-electron chi connectivity index (χ3n) is 5.34. The van der Waals surface area contributed by atoms with E-state index in [1.165, 1.54) is 17.5 Å². The summed E-state index contributed by atoms with van der Waals surface area (Å²) in [6.07, 6.45) is 2.18. The van der Waals surface area contributed by atoms with Crippen LogP contribution in [0.1, 0.15) is 61.3 Å². The van der Waals surface area contributed by atoms with Crippen molar-refractivity contribution in [3.05, 3.63) is 47.0 Å². The normalized spacial score (nSPS) is 20.7. The molecular formula is C19H24N6. The van der Waals surface area contributed by atoms with Crippen molar-refractivity contribution < 1.29 is 0 Å². The van der Waals surface area contributed by atoms with E-state index in [0.29, 0.717) is 29.3 Å². The molecule has 1 aliphatic rings. The highest BCUT2D eigenvalue weighted by Crippen LogP contribution is 2.39. The van der Waals surface area contributed by atoms with Crippen molar-refractivity contribution in [1.29, 1.82) is 0 Å². The third-order valence-corrected chi connectivity index (χ3v) is 5.34. The van der Waals surface area contributed by atoms with Gasteiger partial charge in [-0.25, -0.2) is 10.1 Å². The van der Waals surface area contributed by atoms with E-state index in [2.05, 4.69) is 63.8 Å². The number of nitrogens with zero attached hydrogens (tertiary/aromatic N) is 3. The molecule has 0 bridgehead atoms. The van der Waals surface area contributed by atoms with Gasteiger partial charge in [0.05, 0.1) is 0 Å². The number of anilines is 1. The Morgan fingerprint density at radius 3 is 2.96 bits per heavy atom. The zero-order chi connectivity index (χ0) is 17.4. The molecule has 3 atom stereocenters. The number of hydrogen-bond acceptors (Lipinski definition) is 5. The first-order valence-electron chi connectivity index (χ1n) is 8.93. The Bertz CT molecular complexity index is 887. The molecular weight excluding hydrogens is 312 g/mol. The lowest BCUT2D eigenvalue weighted by molar-refractivity contribution is 0.484. The summed E-state index contributed by atoms with van der Waals surface area (Å²) < 4.78 is 0. The summed E-state index contributed by atoms with van der Waals surface area (Å²) in [4.78, 5) is 4.24. The number of benzene rings is 1.